The van der Waals surface area contributed by atoms with E-state index < -0.39 is 0 Å². The zero-order valence-electron chi connectivity index (χ0n) is 16.2. The molecule has 1 N–H and O–H groups in total. The summed E-state index contributed by atoms with van der Waals surface area (Å²) in [5, 5.41) is 7.75. The van der Waals surface area contributed by atoms with Gasteiger partial charge in [0.1, 0.15) is 0 Å². The number of benzene rings is 1. The number of nitrogens with zero attached hydrogens (tertiary/aromatic N) is 3. The summed E-state index contributed by atoms with van der Waals surface area (Å²) in [5.41, 5.74) is 2.66. The molecule has 28 heavy (non-hydrogen) atoms. The molecule has 0 radical (unpaired) electrons. The lowest BCUT2D eigenvalue weighted by Crippen LogP contribution is -2.45. The lowest BCUT2D eigenvalue weighted by molar-refractivity contribution is -0.143. The van der Waals surface area contributed by atoms with E-state index in [9.17, 15) is 9.59 Å². The number of likely N-dealkylation sites (tertiary alicyclic amines) is 1. The number of carbonyl (C=O) groups excluding carboxylic acids is 2. The van der Waals surface area contributed by atoms with E-state index in [-0.39, 0.29) is 17.7 Å². The van der Waals surface area contributed by atoms with Gasteiger partial charge in [-0.25, -0.2) is 0 Å². The third-order valence-corrected chi connectivity index (χ3v) is 5.15. The average molecular weight is 405 g/mol. The predicted octanol–water partition coefficient (Wildman–Crippen LogP) is 2.61. The first-order valence-corrected chi connectivity index (χ1v) is 9.63. The normalized spacial score (nSPS) is 17.0. The van der Waals surface area contributed by atoms with Crippen molar-refractivity contribution >= 4 is 23.4 Å². The maximum absolute atomic E-state index is 12.9. The molecule has 7 nitrogen and oxygen atoms in total. The topological polar surface area (TPSA) is 78.5 Å². The molecule has 1 aromatic heterocycles. The lowest BCUT2D eigenvalue weighted by atomic mass is 9.95. The summed E-state index contributed by atoms with van der Waals surface area (Å²) in [6.07, 6.45) is 0.969. The van der Waals surface area contributed by atoms with Gasteiger partial charge in [0.05, 0.1) is 30.5 Å². The molecule has 3 rings (SSSR count). The van der Waals surface area contributed by atoms with E-state index in [1.165, 1.54) is 0 Å². The number of hydrogen-bond acceptors (Lipinski definition) is 4. The van der Waals surface area contributed by atoms with Crippen LogP contribution in [-0.4, -0.2) is 52.5 Å². The fourth-order valence-corrected chi connectivity index (χ4v) is 3.56. The summed E-state index contributed by atoms with van der Waals surface area (Å²) in [6, 6.07) is 9.32. The van der Waals surface area contributed by atoms with Crippen LogP contribution in [0.5, 0.6) is 0 Å². The Morgan fingerprint density at radius 1 is 1.39 bits per heavy atom. The van der Waals surface area contributed by atoms with Crippen molar-refractivity contribution in [1.82, 2.24) is 20.0 Å². The number of hydrogen-bond donors (Lipinski definition) is 1. The second-order valence-electron chi connectivity index (χ2n) is 7.15. The molecule has 0 saturated carbocycles. The van der Waals surface area contributed by atoms with Crippen LogP contribution in [0.15, 0.2) is 30.3 Å². The van der Waals surface area contributed by atoms with Crippen molar-refractivity contribution < 1.29 is 14.3 Å². The summed E-state index contributed by atoms with van der Waals surface area (Å²) in [4.78, 5) is 28.7. The largest absolute Gasteiger partial charge is 0.378 e. The van der Waals surface area contributed by atoms with Crippen LogP contribution in [0.1, 0.15) is 29.8 Å². The highest BCUT2D eigenvalue weighted by atomic mass is 35.5. The average Bonchev–Trinajstić information content (AvgIpc) is 3.12. The summed E-state index contributed by atoms with van der Waals surface area (Å²) in [6.45, 7) is 1.79. The van der Waals surface area contributed by atoms with Crippen molar-refractivity contribution in [2.24, 2.45) is 5.92 Å². The van der Waals surface area contributed by atoms with Gasteiger partial charge in [-0.2, -0.15) is 5.10 Å². The Bertz CT molecular complexity index is 821. The Morgan fingerprint density at radius 2 is 2.14 bits per heavy atom. The highest BCUT2D eigenvalue weighted by Gasteiger charge is 2.32. The highest BCUT2D eigenvalue weighted by molar-refractivity contribution is 6.30. The smallest absolute Gasteiger partial charge is 0.227 e. The highest BCUT2D eigenvalue weighted by Crippen LogP contribution is 2.22. The fraction of sp³-hybridized carbons (Fsp3) is 0.450. The first-order chi connectivity index (χ1) is 13.5. The van der Waals surface area contributed by atoms with Crippen LogP contribution in [0.3, 0.4) is 0 Å². The minimum absolute atomic E-state index is 0.0384. The summed E-state index contributed by atoms with van der Waals surface area (Å²) in [5.74, 6) is -0.0766. The number of aromatic nitrogens is 2. The molecule has 1 atom stereocenters. The summed E-state index contributed by atoms with van der Waals surface area (Å²) >= 11 is 5.92. The van der Waals surface area contributed by atoms with Crippen LogP contribution in [0, 0.1) is 5.92 Å². The van der Waals surface area contributed by atoms with Gasteiger partial charge in [0.15, 0.2) is 0 Å². The van der Waals surface area contributed by atoms with E-state index in [0.29, 0.717) is 44.1 Å². The second kappa shape index (κ2) is 9.21. The van der Waals surface area contributed by atoms with Gasteiger partial charge < -0.3 is 14.5 Å². The number of ether oxygens (including phenoxy) is 1. The van der Waals surface area contributed by atoms with Gasteiger partial charge in [-0.05, 0) is 30.2 Å². The number of amides is 2. The molecule has 8 heteroatoms. The molecular formula is C20H25ClN4O3. The Labute approximate surface area is 169 Å². The van der Waals surface area contributed by atoms with E-state index in [1.54, 1.807) is 24.0 Å². The number of aromatic amines is 1. The first kappa shape index (κ1) is 20.4. The van der Waals surface area contributed by atoms with Gasteiger partial charge >= 0.3 is 0 Å². The Kier molecular flexibility index (Phi) is 6.70. The number of nitrogens with one attached hydrogen (secondary N) is 1. The van der Waals surface area contributed by atoms with E-state index in [4.69, 9.17) is 16.3 Å². The van der Waals surface area contributed by atoms with Crippen molar-refractivity contribution in [3.05, 3.63) is 52.3 Å². The molecule has 1 saturated heterocycles. The Hall–Kier alpha value is -2.38. The molecule has 0 aliphatic carbocycles. The Morgan fingerprint density at radius 3 is 2.86 bits per heavy atom. The minimum Gasteiger partial charge on any atom is -0.378 e. The van der Waals surface area contributed by atoms with Crippen LogP contribution in [0.2, 0.25) is 5.02 Å². The molecule has 1 fully saturated rings. The van der Waals surface area contributed by atoms with Crippen molar-refractivity contribution in [2.45, 2.75) is 32.5 Å². The number of halogens is 1. The van der Waals surface area contributed by atoms with E-state index >= 15 is 0 Å². The minimum atomic E-state index is -0.198. The third-order valence-electron chi connectivity index (χ3n) is 4.90. The van der Waals surface area contributed by atoms with E-state index in [1.807, 2.05) is 30.3 Å². The maximum Gasteiger partial charge on any atom is 0.227 e. The molecule has 2 aromatic rings. The molecule has 0 bridgehead atoms. The first-order valence-electron chi connectivity index (χ1n) is 9.25. The van der Waals surface area contributed by atoms with Crippen LogP contribution >= 0.6 is 11.6 Å². The van der Waals surface area contributed by atoms with Crippen LogP contribution in [0.25, 0.3) is 0 Å². The molecular weight excluding hydrogens is 380 g/mol. The van der Waals surface area contributed by atoms with Gasteiger partial charge in [-0.15, -0.1) is 0 Å². The zero-order chi connectivity index (χ0) is 20.1. The number of H-pyrrole nitrogens is 1. The number of piperidine rings is 1. The number of rotatable bonds is 7. The Balaban J connectivity index is 1.59. The molecule has 2 amide bonds. The molecule has 1 aliphatic rings. The molecule has 0 spiro atoms. The van der Waals surface area contributed by atoms with Gasteiger partial charge in [-0.3, -0.25) is 14.7 Å². The van der Waals surface area contributed by atoms with Crippen LogP contribution in [-0.2, 0) is 34.0 Å². The SMILES string of the molecule is COCc1cc(CN(C)C(=O)[C@@H]2CCC(=O)N(Cc3ccc(Cl)cc3)C2)[nH]n1. The molecule has 150 valence electrons. The van der Waals surface area contributed by atoms with Gasteiger partial charge in [-0.1, -0.05) is 23.7 Å². The summed E-state index contributed by atoms with van der Waals surface area (Å²) in [7, 11) is 3.39. The van der Waals surface area contributed by atoms with Crippen molar-refractivity contribution in [3.8, 4) is 0 Å². The second-order valence-corrected chi connectivity index (χ2v) is 7.58. The molecule has 2 heterocycles. The fourth-order valence-electron chi connectivity index (χ4n) is 3.44. The van der Waals surface area contributed by atoms with Crippen molar-refractivity contribution in [3.63, 3.8) is 0 Å². The molecule has 1 aliphatic heterocycles. The van der Waals surface area contributed by atoms with Crippen molar-refractivity contribution in [2.75, 3.05) is 20.7 Å². The van der Waals surface area contributed by atoms with E-state index in [2.05, 4.69) is 10.2 Å². The predicted molar refractivity (Wildman–Crippen MR) is 105 cm³/mol. The lowest BCUT2D eigenvalue weighted by Gasteiger charge is -2.34. The summed E-state index contributed by atoms with van der Waals surface area (Å²) < 4.78 is 5.06. The van der Waals surface area contributed by atoms with Crippen LogP contribution in [0.4, 0.5) is 0 Å². The molecule has 1 aromatic carbocycles. The zero-order valence-corrected chi connectivity index (χ0v) is 16.9. The number of methoxy groups -OCH3 is 1. The van der Waals surface area contributed by atoms with Gasteiger partial charge in [0.25, 0.3) is 0 Å². The number of carbonyl (C=O) groups is 2. The van der Waals surface area contributed by atoms with Gasteiger partial charge in [0.2, 0.25) is 11.8 Å². The van der Waals surface area contributed by atoms with Crippen LogP contribution < -0.4 is 0 Å². The van der Waals surface area contributed by atoms with Crippen molar-refractivity contribution in [1.29, 1.82) is 0 Å². The third kappa shape index (κ3) is 5.11. The standard InChI is InChI=1S/C20H25ClN4O3/c1-24(12-17-9-18(13-28-2)23-22-17)20(27)15-5-8-19(26)25(11-15)10-14-3-6-16(21)7-4-14/h3-4,6-7,9,15H,5,8,10-13H2,1-2H3,(H,22,23)/t15-/m1/s1. The molecule has 0 unspecified atom stereocenters. The van der Waals surface area contributed by atoms with Gasteiger partial charge in [0, 0.05) is 38.7 Å². The maximum atomic E-state index is 12.9. The van der Waals surface area contributed by atoms with E-state index in [0.717, 1.165) is 17.0 Å². The monoisotopic (exact) mass is 404 g/mol. The quantitative estimate of drug-likeness (QED) is 0.769.